The quantitative estimate of drug-likeness (QED) is 0.453. The minimum atomic E-state index is 0.805. The van der Waals surface area contributed by atoms with Crippen LogP contribution in [-0.2, 0) is 6.42 Å². The second-order valence-corrected chi connectivity index (χ2v) is 6.06. The lowest BCUT2D eigenvalue weighted by atomic mass is 10.2. The van der Waals surface area contributed by atoms with Crippen molar-refractivity contribution in [1.29, 1.82) is 0 Å². The molecule has 0 bridgehead atoms. The van der Waals surface area contributed by atoms with Crippen LogP contribution in [0.15, 0.2) is 60.8 Å². The first-order chi connectivity index (χ1) is 10.3. The van der Waals surface area contributed by atoms with Gasteiger partial charge in [-0.15, -0.1) is 11.3 Å². The lowest BCUT2D eigenvalue weighted by Crippen LogP contribution is -2.30. The van der Waals surface area contributed by atoms with Gasteiger partial charge in [-0.2, -0.15) is 0 Å². The summed E-state index contributed by atoms with van der Waals surface area (Å²) in [6, 6.07) is 18.2. The molecule has 0 aliphatic rings. The molecule has 2 aromatic heterocycles. The second-order valence-electron chi connectivity index (χ2n) is 4.98. The summed E-state index contributed by atoms with van der Waals surface area (Å²) in [6.45, 7) is 0. The van der Waals surface area contributed by atoms with Crippen molar-refractivity contribution in [3.8, 4) is 0 Å². The van der Waals surface area contributed by atoms with Gasteiger partial charge in [-0.25, -0.2) is 4.98 Å². The van der Waals surface area contributed by atoms with E-state index in [-0.39, 0.29) is 0 Å². The molecule has 0 radical (unpaired) electrons. The van der Waals surface area contributed by atoms with E-state index < -0.39 is 0 Å². The van der Waals surface area contributed by atoms with Gasteiger partial charge in [0, 0.05) is 17.2 Å². The molecular formula is C17H13N2OS+. The Morgan fingerprint density at radius 3 is 2.62 bits per heavy atom. The van der Waals surface area contributed by atoms with Crippen molar-refractivity contribution in [3.05, 3.63) is 71.4 Å². The van der Waals surface area contributed by atoms with E-state index in [0.717, 1.165) is 37.3 Å². The van der Waals surface area contributed by atoms with E-state index in [1.165, 1.54) is 5.56 Å². The molecule has 2 heterocycles. The minimum absolute atomic E-state index is 0.805. The van der Waals surface area contributed by atoms with E-state index in [2.05, 4.69) is 17.1 Å². The minimum Gasteiger partial charge on any atom is -0.284 e. The normalized spacial score (nSPS) is 11.2. The number of rotatable bonds is 2. The molecule has 4 rings (SSSR count). The molecule has 3 nitrogen and oxygen atoms in total. The van der Waals surface area contributed by atoms with E-state index in [0.29, 0.717) is 0 Å². The molecule has 0 atom stereocenters. The van der Waals surface area contributed by atoms with E-state index in [9.17, 15) is 5.21 Å². The Morgan fingerprint density at radius 2 is 1.76 bits per heavy atom. The van der Waals surface area contributed by atoms with Crippen molar-refractivity contribution in [2.75, 3.05) is 0 Å². The fourth-order valence-corrected chi connectivity index (χ4v) is 3.66. The fraction of sp³-hybridized carbons (Fsp3) is 0.0588. The van der Waals surface area contributed by atoms with Crippen molar-refractivity contribution in [2.45, 2.75) is 6.42 Å². The number of hydrogen-bond donors (Lipinski definition) is 1. The van der Waals surface area contributed by atoms with Crippen molar-refractivity contribution in [3.63, 3.8) is 0 Å². The van der Waals surface area contributed by atoms with Gasteiger partial charge in [0.05, 0.1) is 15.1 Å². The van der Waals surface area contributed by atoms with Crippen LogP contribution in [0, 0.1) is 0 Å². The third kappa shape index (κ3) is 2.14. The molecule has 0 unspecified atom stereocenters. The van der Waals surface area contributed by atoms with E-state index in [4.69, 9.17) is 0 Å². The maximum Gasteiger partial charge on any atom is 0.266 e. The van der Waals surface area contributed by atoms with Crippen LogP contribution in [0.3, 0.4) is 0 Å². The average Bonchev–Trinajstić information content (AvgIpc) is 2.91. The molecule has 0 aliphatic heterocycles. The van der Waals surface area contributed by atoms with Crippen LogP contribution in [0.25, 0.3) is 21.1 Å². The predicted octanol–water partition coefficient (Wildman–Crippen LogP) is 3.57. The number of aromatic nitrogens is 2. The zero-order chi connectivity index (χ0) is 14.2. The molecule has 1 N–H and O–H groups in total. The van der Waals surface area contributed by atoms with Crippen LogP contribution in [0.2, 0.25) is 0 Å². The van der Waals surface area contributed by atoms with Gasteiger partial charge in [-0.3, -0.25) is 5.21 Å². The summed E-state index contributed by atoms with van der Waals surface area (Å²) >= 11 is 1.69. The molecule has 4 heteroatoms. The highest BCUT2D eigenvalue weighted by Gasteiger charge is 2.16. The molecule has 4 aromatic rings. The summed E-state index contributed by atoms with van der Waals surface area (Å²) in [5.41, 5.74) is 2.89. The van der Waals surface area contributed by atoms with Crippen LogP contribution in [0.4, 0.5) is 0 Å². The molecule has 0 saturated heterocycles. The van der Waals surface area contributed by atoms with Crippen molar-refractivity contribution >= 4 is 32.5 Å². The van der Waals surface area contributed by atoms with E-state index in [1.807, 2.05) is 42.5 Å². The molecular weight excluding hydrogens is 280 g/mol. The maximum atomic E-state index is 10.0. The topological polar surface area (TPSA) is 37.0 Å². The summed E-state index contributed by atoms with van der Waals surface area (Å²) in [5.74, 6) is 0. The van der Waals surface area contributed by atoms with E-state index >= 15 is 0 Å². The highest BCUT2D eigenvalue weighted by molar-refractivity contribution is 7.19. The standard InChI is InChI=1S/C17H13N2OS/c20-19-11-14-17(13-8-4-5-9-15(13)19)21-16(18-14)10-12-6-2-1-3-7-12/h1-9,11,20H,10H2/q+1. The molecule has 0 fully saturated rings. The van der Waals surface area contributed by atoms with Crippen LogP contribution in [0.1, 0.15) is 10.6 Å². The van der Waals surface area contributed by atoms with Gasteiger partial charge >= 0.3 is 0 Å². The summed E-state index contributed by atoms with van der Waals surface area (Å²) in [6.07, 6.45) is 2.50. The van der Waals surface area contributed by atoms with Gasteiger partial charge in [0.2, 0.25) is 6.20 Å². The molecule has 0 aliphatic carbocycles. The number of thiazole rings is 1. The molecule has 0 amide bonds. The molecule has 2 aromatic carbocycles. The maximum absolute atomic E-state index is 10.0. The number of benzene rings is 2. The first kappa shape index (κ1) is 12.3. The van der Waals surface area contributed by atoms with Crippen molar-refractivity contribution in [2.24, 2.45) is 0 Å². The third-order valence-electron chi connectivity index (χ3n) is 3.54. The largest absolute Gasteiger partial charge is 0.284 e. The van der Waals surface area contributed by atoms with Crippen molar-refractivity contribution in [1.82, 2.24) is 4.98 Å². The SMILES string of the molecule is O[n+]1cc2nc(Cc3ccccc3)sc2c2ccccc21. The van der Waals surface area contributed by atoms with Crippen LogP contribution < -0.4 is 4.73 Å². The van der Waals surface area contributed by atoms with Crippen LogP contribution in [-0.4, -0.2) is 10.2 Å². The number of fused-ring (bicyclic) bond motifs is 3. The molecule has 21 heavy (non-hydrogen) atoms. The Kier molecular flexibility index (Phi) is 2.82. The molecule has 0 spiro atoms. The number of hydrogen-bond acceptors (Lipinski definition) is 3. The summed E-state index contributed by atoms with van der Waals surface area (Å²) < 4.78 is 2.28. The van der Waals surface area contributed by atoms with Crippen LogP contribution in [0.5, 0.6) is 0 Å². The summed E-state index contributed by atoms with van der Waals surface area (Å²) in [5, 5.41) is 12.1. The highest BCUT2D eigenvalue weighted by Crippen LogP contribution is 2.29. The fourth-order valence-electron chi connectivity index (χ4n) is 2.56. The molecule has 102 valence electrons. The first-order valence-corrected chi connectivity index (χ1v) is 7.59. The Bertz CT molecular complexity index is 931. The lowest BCUT2D eigenvalue weighted by Gasteiger charge is -1.95. The van der Waals surface area contributed by atoms with Gasteiger partial charge in [0.1, 0.15) is 0 Å². The Hall–Kier alpha value is -2.46. The summed E-state index contributed by atoms with van der Waals surface area (Å²) in [7, 11) is 0. The van der Waals surface area contributed by atoms with Crippen LogP contribution >= 0.6 is 11.3 Å². The van der Waals surface area contributed by atoms with Gasteiger partial charge in [-0.05, 0) is 11.6 Å². The Morgan fingerprint density at radius 1 is 1.00 bits per heavy atom. The van der Waals surface area contributed by atoms with Crippen molar-refractivity contribution < 1.29 is 9.94 Å². The Balaban J connectivity index is 1.88. The van der Waals surface area contributed by atoms with Gasteiger partial charge in [-0.1, -0.05) is 42.5 Å². The smallest absolute Gasteiger partial charge is 0.266 e. The summed E-state index contributed by atoms with van der Waals surface area (Å²) in [4.78, 5) is 4.66. The zero-order valence-corrected chi connectivity index (χ0v) is 12.0. The highest BCUT2D eigenvalue weighted by atomic mass is 32.1. The number of pyridine rings is 1. The van der Waals surface area contributed by atoms with Gasteiger partial charge < -0.3 is 0 Å². The van der Waals surface area contributed by atoms with Gasteiger partial charge in [0.25, 0.3) is 5.52 Å². The van der Waals surface area contributed by atoms with Gasteiger partial charge in [0.15, 0.2) is 5.52 Å². The molecule has 0 saturated carbocycles. The average molecular weight is 293 g/mol. The zero-order valence-electron chi connectivity index (χ0n) is 11.2. The second kappa shape index (κ2) is 4.82. The van der Waals surface area contributed by atoms with E-state index in [1.54, 1.807) is 17.5 Å². The first-order valence-electron chi connectivity index (χ1n) is 6.77. The lowest BCUT2D eigenvalue weighted by molar-refractivity contribution is -0.883. The monoisotopic (exact) mass is 293 g/mol. The predicted molar refractivity (Wildman–Crippen MR) is 83.8 cm³/mol. The Labute approximate surface area is 125 Å². The number of nitrogens with zero attached hydrogens (tertiary/aromatic N) is 2. The third-order valence-corrected chi connectivity index (χ3v) is 4.64. The number of para-hydroxylation sites is 1.